The summed E-state index contributed by atoms with van der Waals surface area (Å²) in [5.41, 5.74) is 3.77. The van der Waals surface area contributed by atoms with Crippen molar-refractivity contribution in [2.75, 3.05) is 6.61 Å². The van der Waals surface area contributed by atoms with E-state index in [9.17, 15) is 14.7 Å². The summed E-state index contributed by atoms with van der Waals surface area (Å²) in [6.45, 7) is 3.38. The highest BCUT2D eigenvalue weighted by atomic mass is 32.2. The molecule has 0 aromatic heterocycles. The van der Waals surface area contributed by atoms with E-state index in [0.717, 1.165) is 11.8 Å². The summed E-state index contributed by atoms with van der Waals surface area (Å²) < 4.78 is 5.64. The molecule has 0 aromatic rings. The smallest absolute Gasteiger partial charge is 0.273 e. The van der Waals surface area contributed by atoms with Crippen LogP contribution in [0.3, 0.4) is 0 Å². The predicted octanol–water partition coefficient (Wildman–Crippen LogP) is 0.683. The van der Waals surface area contributed by atoms with Gasteiger partial charge in [-0.2, -0.15) is 0 Å². The monoisotopic (exact) mass is 344 g/mol. The molecule has 1 fully saturated rings. The summed E-state index contributed by atoms with van der Waals surface area (Å²) in [5.74, 6) is 4.83. The van der Waals surface area contributed by atoms with Crippen LogP contribution in [0.25, 0.3) is 0 Å². The Morgan fingerprint density at radius 3 is 2.96 bits per heavy atom. The molecule has 0 aromatic carbocycles. The average molecular weight is 344 g/mol. The Balaban J connectivity index is 2.06. The molecule has 3 aliphatic rings. The Bertz CT molecular complexity index is 805. The molecule has 2 heterocycles. The Morgan fingerprint density at radius 2 is 2.29 bits per heavy atom. The van der Waals surface area contributed by atoms with Gasteiger partial charge in [0.05, 0.1) is 5.92 Å². The van der Waals surface area contributed by atoms with Gasteiger partial charge in [-0.25, -0.2) is 0 Å². The van der Waals surface area contributed by atoms with Crippen molar-refractivity contribution in [3.8, 4) is 11.8 Å². The molecule has 6 nitrogen and oxygen atoms in total. The molecule has 124 valence electrons. The first kappa shape index (κ1) is 16.6. The summed E-state index contributed by atoms with van der Waals surface area (Å²) in [7, 11) is 0. The Labute approximate surface area is 143 Å². The number of thioether (sulfide) groups is 1. The van der Waals surface area contributed by atoms with Gasteiger partial charge in [0, 0.05) is 5.57 Å². The first-order valence-electron chi connectivity index (χ1n) is 7.33. The highest BCUT2D eigenvalue weighted by Gasteiger charge is 2.54. The standard InChI is InChI=1S/C17H16N2O4S/c1-16(2,22)7-5-10-3-4-12-17(8-6-10)11(9-23-12)15(21)24-14(19-17)13(18)20/h3-4,6,8,11,22H,9H2,1-2H3,(H2,18,20). The Hall–Kier alpha value is -2.30. The van der Waals surface area contributed by atoms with Crippen LogP contribution < -0.4 is 5.73 Å². The number of rotatable bonds is 1. The van der Waals surface area contributed by atoms with Gasteiger partial charge in [0.2, 0.25) is 5.12 Å². The number of primary amides is 1. The van der Waals surface area contributed by atoms with Gasteiger partial charge < -0.3 is 15.6 Å². The molecule has 1 amide bonds. The molecule has 3 rings (SSSR count). The van der Waals surface area contributed by atoms with Crippen molar-refractivity contribution in [1.82, 2.24) is 0 Å². The number of nitrogens with two attached hydrogens (primary N) is 1. The van der Waals surface area contributed by atoms with Crippen molar-refractivity contribution in [2.24, 2.45) is 16.6 Å². The van der Waals surface area contributed by atoms with Crippen LogP contribution in [0.5, 0.6) is 0 Å². The second-order valence-electron chi connectivity index (χ2n) is 6.19. The van der Waals surface area contributed by atoms with E-state index in [1.54, 1.807) is 38.2 Å². The summed E-state index contributed by atoms with van der Waals surface area (Å²) in [5, 5.41) is 9.49. The van der Waals surface area contributed by atoms with Crippen molar-refractivity contribution in [3.05, 3.63) is 35.6 Å². The maximum absolute atomic E-state index is 12.3. The molecule has 2 unspecified atom stereocenters. The SMILES string of the molecule is CC(C)(O)C#CC1=CC=C2OCC3C(=O)SC(C(N)=O)=NC23C=C1. The second kappa shape index (κ2) is 5.65. The zero-order valence-electron chi connectivity index (χ0n) is 13.2. The van der Waals surface area contributed by atoms with Crippen LogP contribution >= 0.6 is 11.8 Å². The van der Waals surface area contributed by atoms with Crippen LogP contribution in [0.2, 0.25) is 0 Å². The van der Waals surface area contributed by atoms with E-state index in [4.69, 9.17) is 10.5 Å². The fourth-order valence-corrected chi connectivity index (χ4v) is 3.47. The van der Waals surface area contributed by atoms with E-state index in [-0.39, 0.29) is 16.8 Å². The molecule has 2 atom stereocenters. The predicted molar refractivity (Wildman–Crippen MR) is 90.8 cm³/mol. The van der Waals surface area contributed by atoms with Crippen LogP contribution in [-0.2, 0) is 14.3 Å². The van der Waals surface area contributed by atoms with Crippen molar-refractivity contribution < 1.29 is 19.4 Å². The fraction of sp³-hybridized carbons (Fsp3) is 0.353. The summed E-state index contributed by atoms with van der Waals surface area (Å²) in [4.78, 5) is 28.3. The molecule has 7 heteroatoms. The first-order valence-corrected chi connectivity index (χ1v) is 8.14. The molecular weight excluding hydrogens is 328 g/mol. The fourth-order valence-electron chi connectivity index (χ4n) is 2.59. The van der Waals surface area contributed by atoms with Crippen LogP contribution in [0.15, 0.2) is 40.6 Å². The maximum Gasteiger partial charge on any atom is 0.273 e. The molecule has 3 N–H and O–H groups in total. The lowest BCUT2D eigenvalue weighted by Gasteiger charge is -2.29. The van der Waals surface area contributed by atoms with Crippen LogP contribution in [0, 0.1) is 17.8 Å². The number of nitrogens with zero attached hydrogens (tertiary/aromatic N) is 1. The molecule has 1 saturated heterocycles. The highest BCUT2D eigenvalue weighted by molar-refractivity contribution is 8.27. The van der Waals surface area contributed by atoms with Gasteiger partial charge in [-0.3, -0.25) is 14.6 Å². The van der Waals surface area contributed by atoms with Gasteiger partial charge in [0.15, 0.2) is 10.6 Å². The number of carbonyl (C=O) groups excluding carboxylic acids is 2. The zero-order valence-corrected chi connectivity index (χ0v) is 14.0. The quantitative estimate of drug-likeness (QED) is 0.681. The van der Waals surface area contributed by atoms with Gasteiger partial charge in [0.1, 0.15) is 18.0 Å². The third-order valence-corrected chi connectivity index (χ3v) is 4.73. The largest absolute Gasteiger partial charge is 0.494 e. The van der Waals surface area contributed by atoms with E-state index >= 15 is 0 Å². The number of amides is 1. The van der Waals surface area contributed by atoms with Crippen LogP contribution in [-0.4, -0.2) is 38.9 Å². The number of aliphatic imine (C=N–C) groups is 1. The molecule has 0 bridgehead atoms. The van der Waals surface area contributed by atoms with Crippen molar-refractivity contribution in [1.29, 1.82) is 0 Å². The van der Waals surface area contributed by atoms with E-state index < -0.39 is 23.0 Å². The van der Waals surface area contributed by atoms with Crippen molar-refractivity contribution in [3.63, 3.8) is 0 Å². The number of allylic oxidation sites excluding steroid dienone is 4. The van der Waals surface area contributed by atoms with Gasteiger partial charge in [-0.15, -0.1) is 0 Å². The molecule has 24 heavy (non-hydrogen) atoms. The topological polar surface area (TPSA) is 102 Å². The lowest BCUT2D eigenvalue weighted by Crippen LogP contribution is -2.42. The minimum absolute atomic E-state index is 0.0247. The second-order valence-corrected chi connectivity index (χ2v) is 7.18. The van der Waals surface area contributed by atoms with Gasteiger partial charge in [0.25, 0.3) is 5.91 Å². The highest BCUT2D eigenvalue weighted by Crippen LogP contribution is 2.46. The number of ether oxygens (including phenoxy) is 1. The number of carbonyl (C=O) groups is 2. The number of aliphatic hydroxyl groups is 1. The third kappa shape index (κ3) is 2.90. The lowest BCUT2D eigenvalue weighted by atomic mass is 9.85. The van der Waals surface area contributed by atoms with Gasteiger partial charge >= 0.3 is 0 Å². The van der Waals surface area contributed by atoms with Gasteiger partial charge in [-0.05, 0) is 49.9 Å². The van der Waals surface area contributed by atoms with Gasteiger partial charge in [-0.1, -0.05) is 11.8 Å². The van der Waals surface area contributed by atoms with E-state index in [1.165, 1.54) is 0 Å². The minimum atomic E-state index is -1.12. The number of hydrogen-bond donors (Lipinski definition) is 2. The molecule has 1 spiro atoms. The third-order valence-electron chi connectivity index (χ3n) is 3.75. The summed E-state index contributed by atoms with van der Waals surface area (Å²) in [6.07, 6.45) is 6.86. The summed E-state index contributed by atoms with van der Waals surface area (Å²) in [6, 6.07) is 0. The Kier molecular flexibility index (Phi) is 3.90. The van der Waals surface area contributed by atoms with E-state index in [2.05, 4.69) is 16.8 Å². The van der Waals surface area contributed by atoms with Crippen molar-refractivity contribution >= 4 is 27.8 Å². The normalized spacial score (nSPS) is 28.2. The lowest BCUT2D eigenvalue weighted by molar-refractivity contribution is -0.116. The van der Waals surface area contributed by atoms with E-state index in [1.807, 2.05) is 0 Å². The molecule has 2 aliphatic heterocycles. The molecule has 0 saturated carbocycles. The Morgan fingerprint density at radius 1 is 1.54 bits per heavy atom. The zero-order chi connectivity index (χ0) is 17.5. The first-order chi connectivity index (χ1) is 11.2. The molecule has 0 radical (unpaired) electrons. The minimum Gasteiger partial charge on any atom is -0.494 e. The van der Waals surface area contributed by atoms with Crippen LogP contribution in [0.4, 0.5) is 0 Å². The average Bonchev–Trinajstić information content (AvgIpc) is 2.76. The summed E-state index contributed by atoms with van der Waals surface area (Å²) >= 11 is 0.760. The van der Waals surface area contributed by atoms with Crippen LogP contribution in [0.1, 0.15) is 13.8 Å². The van der Waals surface area contributed by atoms with Crippen molar-refractivity contribution in [2.45, 2.75) is 25.0 Å². The molecular formula is C17H16N2O4S. The maximum atomic E-state index is 12.3. The van der Waals surface area contributed by atoms with E-state index in [0.29, 0.717) is 11.3 Å². The molecule has 1 aliphatic carbocycles. The number of hydrogen-bond acceptors (Lipinski definition) is 6.